The van der Waals surface area contributed by atoms with Gasteiger partial charge in [-0.15, -0.1) is 0 Å². The van der Waals surface area contributed by atoms with Crippen LogP contribution in [0.4, 0.5) is 17.6 Å². The average molecular weight is 422 g/mol. The highest BCUT2D eigenvalue weighted by atomic mass is 79.9. The lowest BCUT2D eigenvalue weighted by Gasteiger charge is -2.06. The molecule has 3 aromatic rings. The summed E-state index contributed by atoms with van der Waals surface area (Å²) >= 11 is 3.01. The smallest absolute Gasteiger partial charge is 0.416 e. The first-order chi connectivity index (χ1) is 11.2. The summed E-state index contributed by atoms with van der Waals surface area (Å²) in [6.07, 6.45) is -4.42. The van der Waals surface area contributed by atoms with E-state index in [4.69, 9.17) is 4.42 Å². The molecule has 3 rings (SSSR count). The quantitative estimate of drug-likeness (QED) is 0.555. The van der Waals surface area contributed by atoms with Crippen LogP contribution in [0.15, 0.2) is 50.5 Å². The second kappa shape index (κ2) is 6.29. The van der Waals surface area contributed by atoms with Gasteiger partial charge in [0.25, 0.3) is 5.22 Å². The van der Waals surface area contributed by atoms with E-state index in [2.05, 4.69) is 20.9 Å². The number of rotatable bonds is 3. The van der Waals surface area contributed by atoms with Crippen molar-refractivity contribution in [2.24, 2.45) is 0 Å². The van der Waals surface area contributed by atoms with E-state index in [1.165, 1.54) is 18.2 Å². The normalized spacial score (nSPS) is 13.4. The molecular weight excluding hydrogens is 414 g/mol. The number of benzene rings is 2. The largest absolute Gasteiger partial charge is 0.430 e. The van der Waals surface area contributed by atoms with Gasteiger partial charge in [-0.1, -0.05) is 12.1 Å². The van der Waals surface area contributed by atoms with Crippen molar-refractivity contribution in [1.82, 2.24) is 4.98 Å². The maximum Gasteiger partial charge on any atom is 0.416 e. The van der Waals surface area contributed by atoms with Crippen LogP contribution in [0.3, 0.4) is 0 Å². The second-order valence-corrected chi connectivity index (χ2v) is 7.08. The van der Waals surface area contributed by atoms with E-state index < -0.39 is 28.4 Å². The fourth-order valence-corrected chi connectivity index (χ4v) is 3.33. The highest BCUT2D eigenvalue weighted by molar-refractivity contribution is 9.10. The van der Waals surface area contributed by atoms with Crippen LogP contribution in [-0.2, 0) is 22.7 Å². The molecule has 0 saturated carbocycles. The molecule has 0 amide bonds. The molecule has 0 aliphatic carbocycles. The fourth-order valence-electron chi connectivity index (χ4n) is 2.00. The third kappa shape index (κ3) is 3.51. The van der Waals surface area contributed by atoms with Gasteiger partial charge in [0.1, 0.15) is 22.1 Å². The number of hydrogen-bond acceptors (Lipinski definition) is 3. The van der Waals surface area contributed by atoms with E-state index in [0.717, 1.165) is 18.2 Å². The maximum absolute atomic E-state index is 13.4. The van der Waals surface area contributed by atoms with Crippen molar-refractivity contribution in [3.05, 3.63) is 57.8 Å². The third-order valence-electron chi connectivity index (χ3n) is 3.18. The van der Waals surface area contributed by atoms with Crippen molar-refractivity contribution in [2.45, 2.75) is 17.2 Å². The first-order valence-corrected chi connectivity index (χ1v) is 8.65. The summed E-state index contributed by atoms with van der Waals surface area (Å²) in [4.78, 5) is 3.96. The Morgan fingerprint density at radius 3 is 2.46 bits per heavy atom. The molecule has 0 N–H and O–H groups in total. The number of oxazole rings is 1. The maximum atomic E-state index is 13.4. The van der Waals surface area contributed by atoms with Gasteiger partial charge in [-0.2, -0.15) is 13.2 Å². The minimum atomic E-state index is -4.42. The Labute approximate surface area is 144 Å². The molecule has 3 nitrogen and oxygen atoms in total. The summed E-state index contributed by atoms with van der Waals surface area (Å²) in [6, 6.07) is 6.85. The summed E-state index contributed by atoms with van der Waals surface area (Å²) in [5.74, 6) is -0.593. The topological polar surface area (TPSA) is 43.1 Å². The molecule has 1 unspecified atom stereocenters. The van der Waals surface area contributed by atoms with Gasteiger partial charge in [-0.3, -0.25) is 0 Å². The van der Waals surface area contributed by atoms with Crippen molar-refractivity contribution >= 4 is 37.8 Å². The lowest BCUT2D eigenvalue weighted by Crippen LogP contribution is -2.05. The lowest BCUT2D eigenvalue weighted by molar-refractivity contribution is -0.137. The molecular formula is C15H8BrF4NO2S. The van der Waals surface area contributed by atoms with Crippen LogP contribution in [0.25, 0.3) is 11.1 Å². The zero-order valence-corrected chi connectivity index (χ0v) is 14.1. The van der Waals surface area contributed by atoms with E-state index in [0.29, 0.717) is 5.56 Å². The van der Waals surface area contributed by atoms with Gasteiger partial charge >= 0.3 is 6.18 Å². The predicted molar refractivity (Wildman–Crippen MR) is 83.2 cm³/mol. The van der Waals surface area contributed by atoms with E-state index in [9.17, 15) is 21.8 Å². The van der Waals surface area contributed by atoms with Gasteiger partial charge in [0.05, 0.1) is 15.8 Å². The molecule has 1 atom stereocenters. The molecule has 1 heterocycles. The van der Waals surface area contributed by atoms with E-state index in [1.807, 2.05) is 0 Å². The summed E-state index contributed by atoms with van der Waals surface area (Å²) < 4.78 is 68.8. The van der Waals surface area contributed by atoms with E-state index >= 15 is 0 Å². The van der Waals surface area contributed by atoms with Gasteiger partial charge in [0.15, 0.2) is 5.58 Å². The van der Waals surface area contributed by atoms with Gasteiger partial charge in [0, 0.05) is 12.1 Å². The molecule has 126 valence electrons. The highest BCUT2D eigenvalue weighted by Crippen LogP contribution is 2.30. The Hall–Kier alpha value is -1.74. The molecule has 9 heteroatoms. The lowest BCUT2D eigenvalue weighted by atomic mass is 10.1. The van der Waals surface area contributed by atoms with E-state index in [1.54, 1.807) is 0 Å². The summed E-state index contributed by atoms with van der Waals surface area (Å²) in [5.41, 5.74) is 0.140. The third-order valence-corrected chi connectivity index (χ3v) is 4.95. The standard InChI is InChI=1S/C15H8BrF4NO2S/c16-10-5-13-12(6-11(10)17)21-14(23-13)24(22)7-8-1-3-9(4-2-8)15(18,19)20/h1-6H,7H2. The van der Waals surface area contributed by atoms with Crippen LogP contribution in [-0.4, -0.2) is 9.19 Å². The van der Waals surface area contributed by atoms with Gasteiger partial charge in [-0.25, -0.2) is 13.6 Å². The average Bonchev–Trinajstić information content (AvgIpc) is 2.90. The number of aromatic nitrogens is 1. The number of alkyl halides is 3. The number of fused-ring (bicyclic) bond motifs is 1. The van der Waals surface area contributed by atoms with Crippen molar-refractivity contribution < 1.29 is 26.2 Å². The first kappa shape index (κ1) is 17.1. The first-order valence-electron chi connectivity index (χ1n) is 6.54. The van der Waals surface area contributed by atoms with Crippen molar-refractivity contribution in [3.8, 4) is 0 Å². The molecule has 0 radical (unpaired) electrons. The van der Waals surface area contributed by atoms with Gasteiger partial charge in [0.2, 0.25) is 0 Å². The molecule has 0 fully saturated rings. The summed E-state index contributed by atoms with van der Waals surface area (Å²) in [6.45, 7) is 0. The Morgan fingerprint density at radius 1 is 1.17 bits per heavy atom. The van der Waals surface area contributed by atoms with Crippen molar-refractivity contribution in [3.63, 3.8) is 0 Å². The minimum Gasteiger partial charge on any atom is -0.430 e. The van der Waals surface area contributed by atoms with Crippen LogP contribution in [0.5, 0.6) is 0 Å². The summed E-state index contributed by atoms with van der Waals surface area (Å²) in [7, 11) is -1.70. The molecule has 0 spiro atoms. The molecule has 24 heavy (non-hydrogen) atoms. The van der Waals surface area contributed by atoms with Gasteiger partial charge in [-0.05, 0) is 33.6 Å². The van der Waals surface area contributed by atoms with Crippen molar-refractivity contribution in [2.75, 3.05) is 0 Å². The van der Waals surface area contributed by atoms with Crippen LogP contribution in [0.2, 0.25) is 0 Å². The Kier molecular flexibility index (Phi) is 4.48. The van der Waals surface area contributed by atoms with Crippen LogP contribution < -0.4 is 0 Å². The molecule has 0 aliphatic heterocycles. The predicted octanol–water partition coefficient (Wildman–Crippen LogP) is 5.06. The zero-order chi connectivity index (χ0) is 17.5. The number of hydrogen-bond donors (Lipinski definition) is 0. The second-order valence-electron chi connectivity index (χ2n) is 4.90. The SMILES string of the molecule is O=S(Cc1ccc(C(F)(F)F)cc1)c1nc2cc(F)c(Br)cc2o1. The molecule has 2 aromatic carbocycles. The van der Waals surface area contributed by atoms with Crippen LogP contribution >= 0.6 is 15.9 Å². The highest BCUT2D eigenvalue weighted by Gasteiger charge is 2.30. The Morgan fingerprint density at radius 2 is 1.83 bits per heavy atom. The Balaban J connectivity index is 1.82. The molecule has 1 aromatic heterocycles. The van der Waals surface area contributed by atoms with E-state index in [-0.39, 0.29) is 26.5 Å². The number of halogens is 5. The molecule has 0 bridgehead atoms. The van der Waals surface area contributed by atoms with Crippen LogP contribution in [0.1, 0.15) is 11.1 Å². The molecule has 0 saturated heterocycles. The zero-order valence-electron chi connectivity index (χ0n) is 11.7. The Bertz CT molecular complexity index is 883. The minimum absolute atomic E-state index is 0.0609. The summed E-state index contributed by atoms with van der Waals surface area (Å²) in [5, 5.41) is -0.109. The molecule has 0 aliphatic rings. The van der Waals surface area contributed by atoms with Crippen molar-refractivity contribution in [1.29, 1.82) is 0 Å². The van der Waals surface area contributed by atoms with Gasteiger partial charge < -0.3 is 4.42 Å². The fraction of sp³-hybridized carbons (Fsp3) is 0.133. The number of nitrogens with zero attached hydrogens (tertiary/aromatic N) is 1. The van der Waals surface area contributed by atoms with Crippen LogP contribution in [0, 0.1) is 5.82 Å². The monoisotopic (exact) mass is 421 g/mol.